The average molecular weight is 356 g/mol. The molecule has 2 rings (SSSR count). The zero-order valence-electron chi connectivity index (χ0n) is 15.2. The number of carbonyl (C=O) groups is 2. The maximum absolute atomic E-state index is 12.4. The molecule has 2 amide bonds. The number of hydrogen-bond acceptors (Lipinski definition) is 4. The lowest BCUT2D eigenvalue weighted by atomic mass is 9.91. The van der Waals surface area contributed by atoms with Crippen molar-refractivity contribution in [3.8, 4) is 11.5 Å². The van der Waals surface area contributed by atoms with E-state index in [4.69, 9.17) is 9.47 Å². The van der Waals surface area contributed by atoms with Crippen molar-refractivity contribution in [2.24, 2.45) is 5.41 Å². The van der Waals surface area contributed by atoms with Gasteiger partial charge in [-0.1, -0.05) is 18.2 Å². The molecule has 0 fully saturated rings. The number of anilines is 1. The SMILES string of the molecule is COCCNC(=O)C(C)(C)C(=O)Nc1ccc(Oc2ccccc2)cc1. The van der Waals surface area contributed by atoms with E-state index in [-0.39, 0.29) is 11.8 Å². The van der Waals surface area contributed by atoms with Crippen LogP contribution in [0.4, 0.5) is 5.69 Å². The Bertz CT molecular complexity index is 727. The molecule has 138 valence electrons. The largest absolute Gasteiger partial charge is 0.457 e. The molecule has 0 saturated heterocycles. The minimum Gasteiger partial charge on any atom is -0.457 e. The van der Waals surface area contributed by atoms with Crippen LogP contribution in [0.2, 0.25) is 0 Å². The summed E-state index contributed by atoms with van der Waals surface area (Å²) in [7, 11) is 1.55. The molecule has 0 spiro atoms. The van der Waals surface area contributed by atoms with Gasteiger partial charge in [-0.2, -0.15) is 0 Å². The minimum atomic E-state index is -1.20. The summed E-state index contributed by atoms with van der Waals surface area (Å²) in [6.45, 7) is 3.92. The molecule has 26 heavy (non-hydrogen) atoms. The molecular weight excluding hydrogens is 332 g/mol. The maximum atomic E-state index is 12.4. The number of carbonyl (C=O) groups excluding carboxylic acids is 2. The average Bonchev–Trinajstić information content (AvgIpc) is 2.64. The van der Waals surface area contributed by atoms with Crippen LogP contribution in [0.1, 0.15) is 13.8 Å². The van der Waals surface area contributed by atoms with Crippen LogP contribution >= 0.6 is 0 Å². The Hall–Kier alpha value is -2.86. The van der Waals surface area contributed by atoms with Gasteiger partial charge in [0.15, 0.2) is 0 Å². The fraction of sp³-hybridized carbons (Fsp3) is 0.300. The van der Waals surface area contributed by atoms with Crippen LogP contribution in [-0.4, -0.2) is 32.1 Å². The highest BCUT2D eigenvalue weighted by Crippen LogP contribution is 2.24. The smallest absolute Gasteiger partial charge is 0.239 e. The van der Waals surface area contributed by atoms with Crippen LogP contribution in [0.5, 0.6) is 11.5 Å². The summed E-state index contributed by atoms with van der Waals surface area (Å²) in [5.74, 6) is 0.657. The summed E-state index contributed by atoms with van der Waals surface area (Å²) in [6.07, 6.45) is 0. The molecule has 2 aromatic carbocycles. The zero-order chi connectivity index (χ0) is 19.0. The molecule has 0 radical (unpaired) electrons. The lowest BCUT2D eigenvalue weighted by Crippen LogP contribution is -2.45. The number of rotatable bonds is 8. The molecule has 0 saturated carbocycles. The van der Waals surface area contributed by atoms with Crippen molar-refractivity contribution in [1.29, 1.82) is 0 Å². The lowest BCUT2D eigenvalue weighted by Gasteiger charge is -2.22. The molecule has 6 heteroatoms. The number of amides is 2. The van der Waals surface area contributed by atoms with Crippen LogP contribution in [0, 0.1) is 5.41 Å². The van der Waals surface area contributed by atoms with Gasteiger partial charge >= 0.3 is 0 Å². The quantitative estimate of drug-likeness (QED) is 0.562. The van der Waals surface area contributed by atoms with Gasteiger partial charge in [0.25, 0.3) is 0 Å². The fourth-order valence-corrected chi connectivity index (χ4v) is 2.11. The van der Waals surface area contributed by atoms with Crippen LogP contribution in [0.15, 0.2) is 54.6 Å². The molecule has 0 aliphatic heterocycles. The van der Waals surface area contributed by atoms with Gasteiger partial charge in [0.1, 0.15) is 16.9 Å². The highest BCUT2D eigenvalue weighted by molar-refractivity contribution is 6.09. The maximum Gasteiger partial charge on any atom is 0.239 e. The first kappa shape index (κ1) is 19.5. The number of para-hydroxylation sites is 1. The number of nitrogens with one attached hydrogen (secondary N) is 2. The molecule has 6 nitrogen and oxygen atoms in total. The number of methoxy groups -OCH3 is 1. The summed E-state index contributed by atoms with van der Waals surface area (Å²) in [5.41, 5.74) is -0.611. The zero-order valence-corrected chi connectivity index (χ0v) is 15.2. The van der Waals surface area contributed by atoms with Crippen LogP contribution < -0.4 is 15.4 Å². The van der Waals surface area contributed by atoms with Crippen LogP contribution in [0.3, 0.4) is 0 Å². The summed E-state index contributed by atoms with van der Waals surface area (Å²) >= 11 is 0. The highest BCUT2D eigenvalue weighted by atomic mass is 16.5. The van der Waals surface area contributed by atoms with Gasteiger partial charge in [-0.05, 0) is 50.2 Å². The van der Waals surface area contributed by atoms with Crippen molar-refractivity contribution in [2.45, 2.75) is 13.8 Å². The third-order valence-corrected chi connectivity index (χ3v) is 3.82. The lowest BCUT2D eigenvalue weighted by molar-refractivity contribution is -0.138. The van der Waals surface area contributed by atoms with E-state index < -0.39 is 5.41 Å². The van der Waals surface area contributed by atoms with Gasteiger partial charge < -0.3 is 20.1 Å². The van der Waals surface area contributed by atoms with Crippen LogP contribution in [0.25, 0.3) is 0 Å². The van der Waals surface area contributed by atoms with E-state index in [0.717, 1.165) is 5.75 Å². The second kappa shape index (κ2) is 9.01. The second-order valence-electron chi connectivity index (χ2n) is 6.27. The summed E-state index contributed by atoms with van der Waals surface area (Å²) in [6, 6.07) is 16.4. The van der Waals surface area contributed by atoms with E-state index in [9.17, 15) is 9.59 Å². The molecule has 0 aromatic heterocycles. The molecule has 2 N–H and O–H groups in total. The van der Waals surface area contributed by atoms with Crippen molar-refractivity contribution in [3.63, 3.8) is 0 Å². The van der Waals surface area contributed by atoms with Crippen molar-refractivity contribution >= 4 is 17.5 Å². The molecule has 0 heterocycles. The predicted molar refractivity (Wildman–Crippen MR) is 100 cm³/mol. The van der Waals surface area contributed by atoms with Gasteiger partial charge in [0, 0.05) is 19.3 Å². The number of ether oxygens (including phenoxy) is 2. The minimum absolute atomic E-state index is 0.351. The van der Waals surface area contributed by atoms with E-state index in [2.05, 4.69) is 10.6 Å². The first-order valence-electron chi connectivity index (χ1n) is 8.35. The van der Waals surface area contributed by atoms with Crippen molar-refractivity contribution in [1.82, 2.24) is 5.32 Å². The molecule has 0 atom stereocenters. The van der Waals surface area contributed by atoms with E-state index in [1.807, 2.05) is 30.3 Å². The Labute approximate surface area is 153 Å². The molecule has 0 aliphatic rings. The van der Waals surface area contributed by atoms with E-state index in [1.54, 1.807) is 45.2 Å². The molecule has 0 bridgehead atoms. The number of hydrogen-bond donors (Lipinski definition) is 2. The monoisotopic (exact) mass is 356 g/mol. The first-order valence-corrected chi connectivity index (χ1v) is 8.35. The first-order chi connectivity index (χ1) is 12.4. The van der Waals surface area contributed by atoms with Gasteiger partial charge in [0.2, 0.25) is 11.8 Å². The van der Waals surface area contributed by atoms with Crippen molar-refractivity contribution in [2.75, 3.05) is 25.6 Å². The summed E-state index contributed by atoms with van der Waals surface area (Å²) in [4.78, 5) is 24.6. The standard InChI is InChI=1S/C20H24N2O4/c1-20(2,18(23)21-13-14-25-3)19(24)22-15-9-11-17(12-10-15)26-16-7-5-4-6-8-16/h4-12H,13-14H2,1-3H3,(H,21,23)(H,22,24). The van der Waals surface area contributed by atoms with Crippen molar-refractivity contribution in [3.05, 3.63) is 54.6 Å². The Kier molecular flexibility index (Phi) is 6.74. The third-order valence-electron chi connectivity index (χ3n) is 3.82. The Morgan fingerprint density at radius 1 is 0.923 bits per heavy atom. The van der Waals surface area contributed by atoms with E-state index >= 15 is 0 Å². The molecular formula is C20H24N2O4. The molecule has 0 unspecified atom stereocenters. The fourth-order valence-electron chi connectivity index (χ4n) is 2.11. The molecule has 0 aliphatic carbocycles. The van der Waals surface area contributed by atoms with Gasteiger partial charge in [-0.15, -0.1) is 0 Å². The van der Waals surface area contributed by atoms with Gasteiger partial charge in [0.05, 0.1) is 6.61 Å². The normalized spacial score (nSPS) is 10.9. The Morgan fingerprint density at radius 3 is 2.15 bits per heavy atom. The topological polar surface area (TPSA) is 76.7 Å². The van der Waals surface area contributed by atoms with E-state index in [1.165, 1.54) is 0 Å². The van der Waals surface area contributed by atoms with Gasteiger partial charge in [-0.3, -0.25) is 9.59 Å². The summed E-state index contributed by atoms with van der Waals surface area (Å²) in [5, 5.41) is 5.44. The Morgan fingerprint density at radius 2 is 1.54 bits per heavy atom. The highest BCUT2D eigenvalue weighted by Gasteiger charge is 2.35. The van der Waals surface area contributed by atoms with Gasteiger partial charge in [-0.25, -0.2) is 0 Å². The Balaban J connectivity index is 1.94. The second-order valence-corrected chi connectivity index (χ2v) is 6.27. The third kappa shape index (κ3) is 5.32. The summed E-state index contributed by atoms with van der Waals surface area (Å²) < 4.78 is 10.6. The molecule has 2 aromatic rings. The van der Waals surface area contributed by atoms with Crippen LogP contribution in [-0.2, 0) is 14.3 Å². The van der Waals surface area contributed by atoms with E-state index in [0.29, 0.717) is 24.6 Å². The predicted octanol–water partition coefficient (Wildman–Crippen LogP) is 3.21. The number of benzene rings is 2. The van der Waals surface area contributed by atoms with Crippen molar-refractivity contribution < 1.29 is 19.1 Å².